The van der Waals surface area contributed by atoms with Gasteiger partial charge in [-0.05, 0) is 80.8 Å². The Bertz CT molecular complexity index is 1250. The molecule has 2 atom stereocenters. The monoisotopic (exact) mass is 495 g/mol. The number of nitrogens with one attached hydrogen (secondary N) is 1. The van der Waals surface area contributed by atoms with Crippen LogP contribution in [-0.4, -0.2) is 43.7 Å². The second kappa shape index (κ2) is 9.39. The highest BCUT2D eigenvalue weighted by molar-refractivity contribution is 7.89. The summed E-state index contributed by atoms with van der Waals surface area (Å²) in [4.78, 5) is 27.9. The van der Waals surface area contributed by atoms with E-state index >= 15 is 0 Å². The van der Waals surface area contributed by atoms with Crippen LogP contribution in [0, 0.1) is 11.8 Å². The molecule has 0 bridgehead atoms. The lowest BCUT2D eigenvalue weighted by Gasteiger charge is -2.31. The summed E-state index contributed by atoms with van der Waals surface area (Å²) in [6, 6.07) is 12.9. The molecule has 5 rings (SSSR count). The van der Waals surface area contributed by atoms with E-state index in [1.807, 2.05) is 43.0 Å². The van der Waals surface area contributed by atoms with Gasteiger partial charge in [-0.15, -0.1) is 0 Å². The molecule has 2 aliphatic heterocycles. The molecule has 1 N–H and O–H groups in total. The van der Waals surface area contributed by atoms with Crippen molar-refractivity contribution in [1.29, 1.82) is 0 Å². The number of carbonyl (C=O) groups is 2. The Kier molecular flexibility index (Phi) is 6.44. The Morgan fingerprint density at radius 1 is 1.06 bits per heavy atom. The normalized spacial score (nSPS) is 22.6. The summed E-state index contributed by atoms with van der Waals surface area (Å²) in [6.45, 7) is 4.62. The van der Waals surface area contributed by atoms with Crippen molar-refractivity contribution in [3.05, 3.63) is 53.6 Å². The fourth-order valence-electron chi connectivity index (χ4n) is 5.34. The van der Waals surface area contributed by atoms with Gasteiger partial charge in [0.05, 0.1) is 10.8 Å². The Labute approximate surface area is 207 Å². The van der Waals surface area contributed by atoms with E-state index in [1.54, 1.807) is 18.2 Å². The van der Waals surface area contributed by atoms with Gasteiger partial charge in [-0.3, -0.25) is 9.59 Å². The van der Waals surface area contributed by atoms with E-state index in [0.29, 0.717) is 25.8 Å². The first-order valence-corrected chi connectivity index (χ1v) is 14.1. The molecule has 0 radical (unpaired) electrons. The minimum Gasteiger partial charge on any atom is -0.326 e. The topological polar surface area (TPSA) is 86.8 Å². The molecule has 8 heteroatoms. The molecule has 2 aromatic rings. The van der Waals surface area contributed by atoms with Crippen LogP contribution in [0.3, 0.4) is 0 Å². The maximum Gasteiger partial charge on any atom is 0.243 e. The molecule has 35 heavy (non-hydrogen) atoms. The van der Waals surface area contributed by atoms with Gasteiger partial charge in [0.15, 0.2) is 0 Å². The lowest BCUT2D eigenvalue weighted by atomic mass is 9.98. The number of nitrogens with zero attached hydrogens (tertiary/aromatic N) is 2. The largest absolute Gasteiger partial charge is 0.326 e. The number of hydrogen-bond donors (Lipinski definition) is 1. The van der Waals surface area contributed by atoms with Gasteiger partial charge in [0.25, 0.3) is 0 Å². The standard InChI is InChI=1S/C27H33N3O4S/c1-3-19-7-4-5-9-24(19)28-26(31)21-8-6-14-29(17-21)35(33,34)23-12-13-25-22(16-23)15-18(2)30(25)27(32)20-10-11-20/h4-5,7,9,12-13,16,18,20-21H,3,6,8,10-11,14-15,17H2,1-2H3,(H,28,31)/t18-,21-/m0/s1. The highest BCUT2D eigenvalue weighted by Crippen LogP contribution is 2.40. The van der Waals surface area contributed by atoms with E-state index < -0.39 is 15.9 Å². The average Bonchev–Trinajstić information content (AvgIpc) is 3.66. The smallest absolute Gasteiger partial charge is 0.243 e. The van der Waals surface area contributed by atoms with E-state index in [1.165, 1.54) is 4.31 Å². The van der Waals surface area contributed by atoms with Crippen LogP contribution in [0.25, 0.3) is 0 Å². The quantitative estimate of drug-likeness (QED) is 0.657. The Morgan fingerprint density at radius 3 is 2.57 bits per heavy atom. The number of rotatable bonds is 6. The number of amides is 2. The third-order valence-electron chi connectivity index (χ3n) is 7.48. The molecular formula is C27H33N3O4S. The van der Waals surface area contributed by atoms with Crippen LogP contribution in [0.5, 0.6) is 0 Å². The molecule has 7 nitrogen and oxygen atoms in total. The van der Waals surface area contributed by atoms with Crippen LogP contribution in [0.2, 0.25) is 0 Å². The van der Waals surface area contributed by atoms with Gasteiger partial charge in [0.1, 0.15) is 0 Å². The third-order valence-corrected chi connectivity index (χ3v) is 9.34. The predicted octanol–water partition coefficient (Wildman–Crippen LogP) is 3.98. The Balaban J connectivity index is 1.32. The van der Waals surface area contributed by atoms with E-state index in [0.717, 1.165) is 41.8 Å². The van der Waals surface area contributed by atoms with Crippen molar-refractivity contribution >= 4 is 33.2 Å². The molecular weight excluding hydrogens is 462 g/mol. The van der Waals surface area contributed by atoms with Crippen molar-refractivity contribution in [2.75, 3.05) is 23.3 Å². The van der Waals surface area contributed by atoms with Gasteiger partial charge >= 0.3 is 0 Å². The Morgan fingerprint density at radius 2 is 1.83 bits per heavy atom. The minimum atomic E-state index is -3.75. The molecule has 0 spiro atoms. The summed E-state index contributed by atoms with van der Waals surface area (Å²) in [6.07, 6.45) is 4.64. The highest BCUT2D eigenvalue weighted by atomic mass is 32.2. The second-order valence-electron chi connectivity index (χ2n) is 10.0. The molecule has 2 fully saturated rings. The molecule has 1 saturated carbocycles. The number of aryl methyl sites for hydroxylation is 1. The number of fused-ring (bicyclic) bond motifs is 1. The van der Waals surface area contributed by atoms with E-state index in [9.17, 15) is 18.0 Å². The van der Waals surface area contributed by atoms with Gasteiger partial charge in [-0.1, -0.05) is 25.1 Å². The number of sulfonamides is 1. The predicted molar refractivity (Wildman–Crippen MR) is 136 cm³/mol. The van der Waals surface area contributed by atoms with Crippen molar-refractivity contribution in [3.8, 4) is 0 Å². The van der Waals surface area contributed by atoms with Crippen molar-refractivity contribution in [3.63, 3.8) is 0 Å². The zero-order valence-corrected chi connectivity index (χ0v) is 21.2. The summed E-state index contributed by atoms with van der Waals surface area (Å²) < 4.78 is 28.5. The zero-order chi connectivity index (χ0) is 24.7. The van der Waals surface area contributed by atoms with Crippen LogP contribution in [0.1, 0.15) is 50.7 Å². The number of anilines is 2. The lowest BCUT2D eigenvalue weighted by Crippen LogP contribution is -2.43. The molecule has 0 unspecified atom stereocenters. The van der Waals surface area contributed by atoms with Gasteiger partial charge in [0, 0.05) is 36.4 Å². The first-order chi connectivity index (χ1) is 16.8. The number of hydrogen-bond acceptors (Lipinski definition) is 4. The van der Waals surface area contributed by atoms with Gasteiger partial charge in [-0.2, -0.15) is 4.31 Å². The third kappa shape index (κ3) is 4.61. The maximum absolute atomic E-state index is 13.5. The fraction of sp³-hybridized carbons (Fsp3) is 0.481. The number of benzene rings is 2. The van der Waals surface area contributed by atoms with E-state index in [-0.39, 0.29) is 35.2 Å². The second-order valence-corrected chi connectivity index (χ2v) is 12.0. The molecule has 2 amide bonds. The number of para-hydroxylation sites is 1. The SMILES string of the molecule is CCc1ccccc1NC(=O)[C@H]1CCCN(S(=O)(=O)c2ccc3c(c2)C[C@H](C)N3C(=O)C2CC2)C1. The van der Waals surface area contributed by atoms with Crippen LogP contribution < -0.4 is 10.2 Å². The maximum atomic E-state index is 13.5. The fourth-order valence-corrected chi connectivity index (χ4v) is 6.91. The summed E-state index contributed by atoms with van der Waals surface area (Å²) in [5, 5.41) is 3.01. The van der Waals surface area contributed by atoms with Crippen molar-refractivity contribution < 1.29 is 18.0 Å². The molecule has 186 valence electrons. The summed E-state index contributed by atoms with van der Waals surface area (Å²) >= 11 is 0. The first-order valence-electron chi connectivity index (χ1n) is 12.6. The summed E-state index contributed by atoms with van der Waals surface area (Å²) in [5.41, 5.74) is 3.58. The van der Waals surface area contributed by atoms with Crippen LogP contribution in [-0.2, 0) is 32.5 Å². The summed E-state index contributed by atoms with van der Waals surface area (Å²) in [5.74, 6) is -0.263. The lowest BCUT2D eigenvalue weighted by molar-refractivity contribution is -0.121. The molecule has 2 aromatic carbocycles. The van der Waals surface area contributed by atoms with Gasteiger partial charge in [0.2, 0.25) is 21.8 Å². The zero-order valence-electron chi connectivity index (χ0n) is 20.4. The van der Waals surface area contributed by atoms with Crippen molar-refractivity contribution in [2.45, 2.75) is 63.3 Å². The van der Waals surface area contributed by atoms with Gasteiger partial charge < -0.3 is 10.2 Å². The minimum absolute atomic E-state index is 0.0325. The summed E-state index contributed by atoms with van der Waals surface area (Å²) in [7, 11) is -3.75. The van der Waals surface area contributed by atoms with E-state index in [2.05, 4.69) is 5.32 Å². The molecule has 1 saturated heterocycles. The Hall–Kier alpha value is -2.71. The number of carbonyl (C=O) groups excluding carboxylic acids is 2. The van der Waals surface area contributed by atoms with Crippen molar-refractivity contribution in [2.24, 2.45) is 11.8 Å². The van der Waals surface area contributed by atoms with Crippen molar-refractivity contribution in [1.82, 2.24) is 4.31 Å². The van der Waals surface area contributed by atoms with Crippen LogP contribution in [0.4, 0.5) is 11.4 Å². The van der Waals surface area contributed by atoms with E-state index in [4.69, 9.17) is 0 Å². The molecule has 2 heterocycles. The van der Waals surface area contributed by atoms with Crippen LogP contribution >= 0.6 is 0 Å². The molecule has 1 aliphatic carbocycles. The highest BCUT2D eigenvalue weighted by Gasteiger charge is 2.40. The molecule has 0 aromatic heterocycles. The number of piperidine rings is 1. The average molecular weight is 496 g/mol. The first kappa shape index (κ1) is 24.0. The van der Waals surface area contributed by atoms with Gasteiger partial charge in [-0.25, -0.2) is 8.42 Å². The van der Waals surface area contributed by atoms with Crippen LogP contribution in [0.15, 0.2) is 47.4 Å². The molecule has 3 aliphatic rings.